The summed E-state index contributed by atoms with van der Waals surface area (Å²) in [5.74, 6) is 0.514. The third-order valence-electron chi connectivity index (χ3n) is 5.31. The van der Waals surface area contributed by atoms with E-state index in [0.717, 1.165) is 37.9 Å². The van der Waals surface area contributed by atoms with Gasteiger partial charge in [0.2, 0.25) is 5.89 Å². The van der Waals surface area contributed by atoms with Gasteiger partial charge in [0.25, 0.3) is 0 Å². The summed E-state index contributed by atoms with van der Waals surface area (Å²) in [5, 5.41) is 13.4. The van der Waals surface area contributed by atoms with E-state index >= 15 is 0 Å². The van der Waals surface area contributed by atoms with Crippen LogP contribution in [0.4, 0.5) is 0 Å². The summed E-state index contributed by atoms with van der Waals surface area (Å²) in [6, 6.07) is 0. The maximum absolute atomic E-state index is 11.3. The molecule has 2 unspecified atom stereocenters. The Balaban J connectivity index is 1.71. The Kier molecular flexibility index (Phi) is 3.76. The fraction of sp³-hybridized carbons (Fsp3) is 0.812. The van der Waals surface area contributed by atoms with Crippen molar-refractivity contribution in [1.82, 2.24) is 10.1 Å². The molecule has 0 aliphatic heterocycles. The van der Waals surface area contributed by atoms with Gasteiger partial charge in [0.1, 0.15) is 0 Å². The molecule has 2 atom stereocenters. The molecule has 2 aliphatic carbocycles. The number of carboxylic acid groups (broad SMARTS) is 1. The van der Waals surface area contributed by atoms with Crippen LogP contribution in [0, 0.1) is 11.3 Å². The molecule has 0 bridgehead atoms. The first-order chi connectivity index (χ1) is 9.96. The van der Waals surface area contributed by atoms with E-state index in [1.165, 1.54) is 12.8 Å². The van der Waals surface area contributed by atoms with Crippen molar-refractivity contribution >= 4 is 5.97 Å². The Labute approximate surface area is 125 Å². The molecule has 1 aromatic heterocycles. The Morgan fingerprint density at radius 3 is 2.62 bits per heavy atom. The first kappa shape index (κ1) is 14.5. The van der Waals surface area contributed by atoms with Gasteiger partial charge in [-0.15, -0.1) is 0 Å². The molecular weight excluding hydrogens is 268 g/mol. The van der Waals surface area contributed by atoms with Gasteiger partial charge in [0, 0.05) is 5.92 Å². The number of carbonyl (C=O) groups is 1. The first-order valence-corrected chi connectivity index (χ1v) is 8.02. The molecule has 0 aromatic carbocycles. The molecule has 0 spiro atoms. The van der Waals surface area contributed by atoms with Crippen LogP contribution in [-0.2, 0) is 4.79 Å². The van der Waals surface area contributed by atoms with Gasteiger partial charge in [-0.2, -0.15) is 4.98 Å². The number of rotatable bonds is 3. The molecule has 1 heterocycles. The molecule has 2 fully saturated rings. The minimum atomic E-state index is -0.739. The van der Waals surface area contributed by atoms with E-state index in [1.54, 1.807) is 0 Å². The third kappa shape index (κ3) is 2.97. The predicted molar refractivity (Wildman–Crippen MR) is 77.0 cm³/mol. The lowest BCUT2D eigenvalue weighted by Crippen LogP contribution is -2.21. The van der Waals surface area contributed by atoms with E-state index in [0.29, 0.717) is 17.2 Å². The van der Waals surface area contributed by atoms with Crippen molar-refractivity contribution in [2.45, 2.75) is 70.6 Å². The Hall–Kier alpha value is -1.39. The normalized spacial score (nSPS) is 29.6. The lowest BCUT2D eigenvalue weighted by Gasteiger charge is -2.32. The van der Waals surface area contributed by atoms with Gasteiger partial charge in [0.05, 0.1) is 11.8 Å². The SMILES string of the molecule is CC1(C)CCC(c2noc(C3CCCC3C(=O)O)n2)CC1. The lowest BCUT2D eigenvalue weighted by atomic mass is 9.73. The highest BCUT2D eigenvalue weighted by atomic mass is 16.5. The molecule has 0 radical (unpaired) electrons. The van der Waals surface area contributed by atoms with Crippen LogP contribution >= 0.6 is 0 Å². The van der Waals surface area contributed by atoms with Crippen molar-refractivity contribution in [2.75, 3.05) is 0 Å². The summed E-state index contributed by atoms with van der Waals surface area (Å²) in [6.07, 6.45) is 7.05. The van der Waals surface area contributed by atoms with E-state index in [9.17, 15) is 9.90 Å². The van der Waals surface area contributed by atoms with Crippen molar-refractivity contribution in [1.29, 1.82) is 0 Å². The summed E-state index contributed by atoms with van der Waals surface area (Å²) in [6.45, 7) is 4.61. The van der Waals surface area contributed by atoms with Crippen LogP contribution in [0.3, 0.4) is 0 Å². The van der Waals surface area contributed by atoms with Gasteiger partial charge >= 0.3 is 5.97 Å². The van der Waals surface area contributed by atoms with Crippen molar-refractivity contribution in [3.8, 4) is 0 Å². The molecular formula is C16H24N2O3. The maximum atomic E-state index is 11.3. The summed E-state index contributed by atoms with van der Waals surface area (Å²) >= 11 is 0. The van der Waals surface area contributed by atoms with Gasteiger partial charge in [-0.25, -0.2) is 0 Å². The fourth-order valence-corrected chi connectivity index (χ4v) is 3.77. The monoisotopic (exact) mass is 292 g/mol. The van der Waals surface area contributed by atoms with E-state index in [4.69, 9.17) is 4.52 Å². The Morgan fingerprint density at radius 2 is 1.95 bits per heavy atom. The molecule has 21 heavy (non-hydrogen) atoms. The minimum Gasteiger partial charge on any atom is -0.481 e. The van der Waals surface area contributed by atoms with Crippen LogP contribution < -0.4 is 0 Å². The van der Waals surface area contributed by atoms with Crippen LogP contribution in [0.5, 0.6) is 0 Å². The number of hydrogen-bond acceptors (Lipinski definition) is 4. The number of hydrogen-bond donors (Lipinski definition) is 1. The number of aliphatic carboxylic acids is 1. The predicted octanol–water partition coefficient (Wildman–Crippen LogP) is 3.72. The number of nitrogens with zero attached hydrogens (tertiary/aromatic N) is 2. The third-order valence-corrected chi connectivity index (χ3v) is 5.31. The standard InChI is InChI=1S/C16H24N2O3/c1-16(2)8-6-10(7-9-16)13-17-14(21-18-13)11-4-3-5-12(11)15(19)20/h10-12H,3-9H2,1-2H3,(H,19,20). The van der Waals surface area contributed by atoms with Gasteiger partial charge in [0.15, 0.2) is 5.82 Å². The van der Waals surface area contributed by atoms with Gasteiger partial charge in [-0.05, 0) is 43.9 Å². The molecule has 2 aliphatic rings. The highest BCUT2D eigenvalue weighted by Gasteiger charge is 2.38. The zero-order valence-electron chi connectivity index (χ0n) is 12.8. The zero-order valence-corrected chi connectivity index (χ0v) is 12.8. The lowest BCUT2D eigenvalue weighted by molar-refractivity contribution is -0.142. The van der Waals surface area contributed by atoms with Gasteiger partial charge in [-0.1, -0.05) is 25.4 Å². The Bertz CT molecular complexity index is 513. The molecule has 5 nitrogen and oxygen atoms in total. The van der Waals surface area contributed by atoms with Gasteiger partial charge in [-0.3, -0.25) is 4.79 Å². The summed E-state index contributed by atoms with van der Waals surface area (Å²) in [7, 11) is 0. The molecule has 2 saturated carbocycles. The van der Waals surface area contributed by atoms with E-state index < -0.39 is 5.97 Å². The van der Waals surface area contributed by atoms with E-state index in [1.807, 2.05) is 0 Å². The average molecular weight is 292 g/mol. The van der Waals surface area contributed by atoms with E-state index in [-0.39, 0.29) is 11.8 Å². The molecule has 1 aromatic rings. The molecule has 5 heteroatoms. The van der Waals surface area contributed by atoms with Crippen molar-refractivity contribution in [3.63, 3.8) is 0 Å². The summed E-state index contributed by atoms with van der Waals surface area (Å²) in [4.78, 5) is 15.8. The van der Waals surface area contributed by atoms with Crippen LogP contribution in [0.2, 0.25) is 0 Å². The second-order valence-electron chi connectivity index (χ2n) is 7.41. The summed E-state index contributed by atoms with van der Waals surface area (Å²) in [5.41, 5.74) is 0.420. The topological polar surface area (TPSA) is 76.2 Å². The van der Waals surface area contributed by atoms with Crippen LogP contribution in [0.25, 0.3) is 0 Å². The van der Waals surface area contributed by atoms with Crippen LogP contribution in [0.1, 0.15) is 82.3 Å². The molecule has 0 saturated heterocycles. The maximum Gasteiger partial charge on any atom is 0.307 e. The molecule has 116 valence electrons. The zero-order chi connectivity index (χ0) is 15.0. The van der Waals surface area contributed by atoms with Crippen molar-refractivity contribution in [3.05, 3.63) is 11.7 Å². The molecule has 3 rings (SSSR count). The second-order valence-corrected chi connectivity index (χ2v) is 7.41. The summed E-state index contributed by atoms with van der Waals surface area (Å²) < 4.78 is 5.41. The van der Waals surface area contributed by atoms with Crippen LogP contribution in [-0.4, -0.2) is 21.2 Å². The average Bonchev–Trinajstić information content (AvgIpc) is 3.07. The quantitative estimate of drug-likeness (QED) is 0.918. The highest BCUT2D eigenvalue weighted by Crippen LogP contribution is 2.43. The Morgan fingerprint density at radius 1 is 1.24 bits per heavy atom. The van der Waals surface area contributed by atoms with Crippen LogP contribution in [0.15, 0.2) is 4.52 Å². The molecule has 0 amide bonds. The second kappa shape index (κ2) is 5.43. The highest BCUT2D eigenvalue weighted by molar-refractivity contribution is 5.71. The van der Waals surface area contributed by atoms with Crippen molar-refractivity contribution in [2.24, 2.45) is 11.3 Å². The largest absolute Gasteiger partial charge is 0.481 e. The minimum absolute atomic E-state index is 0.0937. The van der Waals surface area contributed by atoms with Gasteiger partial charge < -0.3 is 9.63 Å². The fourth-order valence-electron chi connectivity index (χ4n) is 3.77. The van der Waals surface area contributed by atoms with Crippen molar-refractivity contribution < 1.29 is 14.4 Å². The first-order valence-electron chi connectivity index (χ1n) is 8.02. The number of carboxylic acids is 1. The molecule has 1 N–H and O–H groups in total. The smallest absolute Gasteiger partial charge is 0.307 e. The van der Waals surface area contributed by atoms with E-state index in [2.05, 4.69) is 24.0 Å². The number of aromatic nitrogens is 2.